The number of nitrogen functional groups attached to an aromatic ring is 1. The first-order chi connectivity index (χ1) is 9.49. The number of rotatable bonds is 3. The Hall–Kier alpha value is -1.91. The smallest absolute Gasteiger partial charge is 0.255 e. The average molecular weight is 311 g/mol. The van der Waals surface area contributed by atoms with Crippen LogP contribution in [0.15, 0.2) is 36.4 Å². The van der Waals surface area contributed by atoms with E-state index in [1.54, 1.807) is 36.4 Å². The van der Waals surface area contributed by atoms with Crippen LogP contribution in [0.4, 0.5) is 11.4 Å². The molecule has 0 saturated carbocycles. The van der Waals surface area contributed by atoms with Crippen molar-refractivity contribution in [2.75, 3.05) is 18.2 Å². The van der Waals surface area contributed by atoms with E-state index in [1.807, 2.05) is 0 Å². The summed E-state index contributed by atoms with van der Waals surface area (Å²) in [5.74, 6) is 0.178. The third kappa shape index (κ3) is 3.35. The van der Waals surface area contributed by atoms with Crippen LogP contribution < -0.4 is 15.8 Å². The number of nitrogens with two attached hydrogens (primary N) is 1. The molecule has 2 aromatic rings. The predicted octanol–water partition coefficient (Wildman–Crippen LogP) is 3.84. The minimum atomic E-state index is -0.333. The van der Waals surface area contributed by atoms with Crippen molar-refractivity contribution in [3.63, 3.8) is 0 Å². The van der Waals surface area contributed by atoms with Gasteiger partial charge in [-0.1, -0.05) is 23.2 Å². The van der Waals surface area contributed by atoms with Gasteiger partial charge in [-0.25, -0.2) is 0 Å². The SMILES string of the molecule is COc1cc(N)cc(C(=O)Nc2ccc(Cl)cc2Cl)c1. The number of ether oxygens (including phenoxy) is 1. The van der Waals surface area contributed by atoms with E-state index in [4.69, 9.17) is 33.7 Å². The van der Waals surface area contributed by atoms with Crippen molar-refractivity contribution in [3.05, 3.63) is 52.0 Å². The summed E-state index contributed by atoms with van der Waals surface area (Å²) in [6.45, 7) is 0. The molecule has 4 nitrogen and oxygen atoms in total. The van der Waals surface area contributed by atoms with Gasteiger partial charge in [-0.05, 0) is 30.3 Å². The van der Waals surface area contributed by atoms with Crippen molar-refractivity contribution in [2.45, 2.75) is 0 Å². The molecule has 3 N–H and O–H groups in total. The van der Waals surface area contributed by atoms with Crippen molar-refractivity contribution in [1.29, 1.82) is 0 Å². The number of carbonyl (C=O) groups is 1. The second kappa shape index (κ2) is 6.03. The molecule has 0 atom stereocenters. The highest BCUT2D eigenvalue weighted by atomic mass is 35.5. The summed E-state index contributed by atoms with van der Waals surface area (Å²) in [6.07, 6.45) is 0. The number of benzene rings is 2. The van der Waals surface area contributed by atoms with Crippen LogP contribution in [0, 0.1) is 0 Å². The maximum Gasteiger partial charge on any atom is 0.255 e. The third-order valence-electron chi connectivity index (χ3n) is 2.61. The Morgan fingerprint density at radius 1 is 1.20 bits per heavy atom. The lowest BCUT2D eigenvalue weighted by molar-refractivity contribution is 0.102. The highest BCUT2D eigenvalue weighted by molar-refractivity contribution is 6.36. The zero-order chi connectivity index (χ0) is 14.7. The summed E-state index contributed by atoms with van der Waals surface area (Å²) < 4.78 is 5.07. The van der Waals surface area contributed by atoms with Gasteiger partial charge in [0.25, 0.3) is 5.91 Å². The quantitative estimate of drug-likeness (QED) is 0.847. The zero-order valence-electron chi connectivity index (χ0n) is 10.6. The molecule has 0 radical (unpaired) electrons. The van der Waals surface area contributed by atoms with Crippen molar-refractivity contribution < 1.29 is 9.53 Å². The number of anilines is 2. The van der Waals surface area contributed by atoms with Gasteiger partial charge in [0.15, 0.2) is 0 Å². The normalized spacial score (nSPS) is 10.2. The van der Waals surface area contributed by atoms with E-state index in [2.05, 4.69) is 5.32 Å². The van der Waals surface area contributed by atoms with E-state index in [0.717, 1.165) is 0 Å². The largest absolute Gasteiger partial charge is 0.497 e. The molecular formula is C14H12Cl2N2O2. The van der Waals surface area contributed by atoms with Crippen LogP contribution in [0.1, 0.15) is 10.4 Å². The molecule has 0 unspecified atom stereocenters. The van der Waals surface area contributed by atoms with Gasteiger partial charge in [0.05, 0.1) is 17.8 Å². The van der Waals surface area contributed by atoms with Crippen molar-refractivity contribution >= 4 is 40.5 Å². The third-order valence-corrected chi connectivity index (χ3v) is 3.15. The number of nitrogens with one attached hydrogen (secondary N) is 1. The summed E-state index contributed by atoms with van der Waals surface area (Å²) in [4.78, 5) is 12.2. The second-order valence-electron chi connectivity index (χ2n) is 4.07. The van der Waals surface area contributed by atoms with Gasteiger partial charge >= 0.3 is 0 Å². The van der Waals surface area contributed by atoms with Gasteiger partial charge in [0, 0.05) is 22.3 Å². The molecule has 0 saturated heterocycles. The predicted molar refractivity (Wildman–Crippen MR) is 81.8 cm³/mol. The fourth-order valence-electron chi connectivity index (χ4n) is 1.66. The van der Waals surface area contributed by atoms with Gasteiger partial charge in [-0.15, -0.1) is 0 Å². The molecule has 2 rings (SSSR count). The average Bonchev–Trinajstić information content (AvgIpc) is 2.41. The summed E-state index contributed by atoms with van der Waals surface area (Å²) in [6, 6.07) is 9.61. The van der Waals surface area contributed by atoms with E-state index >= 15 is 0 Å². The molecule has 0 aromatic heterocycles. The lowest BCUT2D eigenvalue weighted by Crippen LogP contribution is -2.12. The van der Waals surface area contributed by atoms with Crippen LogP contribution in [-0.4, -0.2) is 13.0 Å². The van der Waals surface area contributed by atoms with Gasteiger partial charge in [-0.2, -0.15) is 0 Å². The summed E-state index contributed by atoms with van der Waals surface area (Å²) in [5, 5.41) is 3.55. The van der Waals surface area contributed by atoms with Crippen LogP contribution in [0.25, 0.3) is 0 Å². The standard InChI is InChI=1S/C14H12Cl2N2O2/c1-20-11-5-8(4-10(17)7-11)14(19)18-13-3-2-9(15)6-12(13)16/h2-7H,17H2,1H3,(H,18,19). The van der Waals surface area contributed by atoms with Crippen LogP contribution >= 0.6 is 23.2 Å². The van der Waals surface area contributed by atoms with E-state index in [9.17, 15) is 4.79 Å². The van der Waals surface area contributed by atoms with Crippen molar-refractivity contribution in [2.24, 2.45) is 0 Å². The maximum atomic E-state index is 12.2. The Balaban J connectivity index is 2.26. The molecule has 0 aliphatic carbocycles. The van der Waals surface area contributed by atoms with Crippen LogP contribution in [-0.2, 0) is 0 Å². The Morgan fingerprint density at radius 3 is 2.60 bits per heavy atom. The van der Waals surface area contributed by atoms with Gasteiger partial charge in [0.2, 0.25) is 0 Å². The molecule has 0 aliphatic rings. The molecule has 104 valence electrons. The van der Waals surface area contributed by atoms with Gasteiger partial charge in [-0.3, -0.25) is 4.79 Å². The highest BCUT2D eigenvalue weighted by Gasteiger charge is 2.11. The molecule has 0 bridgehead atoms. The minimum Gasteiger partial charge on any atom is -0.497 e. The molecule has 0 heterocycles. The molecule has 0 aliphatic heterocycles. The molecule has 2 aromatic carbocycles. The molecule has 0 spiro atoms. The van der Waals surface area contributed by atoms with Crippen molar-refractivity contribution in [3.8, 4) is 5.75 Å². The number of methoxy groups -OCH3 is 1. The number of amides is 1. The lowest BCUT2D eigenvalue weighted by Gasteiger charge is -2.09. The van der Waals surface area contributed by atoms with Gasteiger partial charge < -0.3 is 15.8 Å². The zero-order valence-corrected chi connectivity index (χ0v) is 12.1. The monoisotopic (exact) mass is 310 g/mol. The second-order valence-corrected chi connectivity index (χ2v) is 4.92. The Kier molecular flexibility index (Phi) is 4.37. The maximum absolute atomic E-state index is 12.2. The number of halogens is 2. The van der Waals surface area contributed by atoms with Crippen LogP contribution in [0.5, 0.6) is 5.75 Å². The van der Waals surface area contributed by atoms with E-state index in [-0.39, 0.29) is 5.91 Å². The Bertz CT molecular complexity index is 660. The Labute approximate surface area is 126 Å². The number of hydrogen-bond acceptors (Lipinski definition) is 3. The van der Waals surface area contributed by atoms with E-state index in [0.29, 0.717) is 32.7 Å². The molecule has 1 amide bonds. The fraction of sp³-hybridized carbons (Fsp3) is 0.0714. The first-order valence-electron chi connectivity index (χ1n) is 5.70. The summed E-state index contributed by atoms with van der Waals surface area (Å²) in [5.41, 5.74) is 7.01. The molecular weight excluding hydrogens is 299 g/mol. The van der Waals surface area contributed by atoms with Crippen LogP contribution in [0.3, 0.4) is 0 Å². The fourth-order valence-corrected chi connectivity index (χ4v) is 2.11. The first kappa shape index (κ1) is 14.5. The highest BCUT2D eigenvalue weighted by Crippen LogP contribution is 2.26. The first-order valence-corrected chi connectivity index (χ1v) is 6.46. The summed E-state index contributed by atoms with van der Waals surface area (Å²) in [7, 11) is 1.51. The number of hydrogen-bond donors (Lipinski definition) is 2. The number of carbonyl (C=O) groups excluding carboxylic acids is 1. The minimum absolute atomic E-state index is 0.333. The topological polar surface area (TPSA) is 64.3 Å². The van der Waals surface area contributed by atoms with Crippen LogP contribution in [0.2, 0.25) is 10.0 Å². The lowest BCUT2D eigenvalue weighted by atomic mass is 10.1. The van der Waals surface area contributed by atoms with E-state index in [1.165, 1.54) is 7.11 Å². The van der Waals surface area contributed by atoms with Gasteiger partial charge in [0.1, 0.15) is 5.75 Å². The van der Waals surface area contributed by atoms with Crippen molar-refractivity contribution in [1.82, 2.24) is 0 Å². The molecule has 20 heavy (non-hydrogen) atoms. The van der Waals surface area contributed by atoms with E-state index < -0.39 is 0 Å². The Morgan fingerprint density at radius 2 is 1.95 bits per heavy atom. The molecule has 0 fully saturated rings. The summed E-state index contributed by atoms with van der Waals surface area (Å²) >= 11 is 11.8. The molecule has 6 heteroatoms.